The van der Waals surface area contributed by atoms with Crippen LogP contribution in [0.4, 0.5) is 0 Å². The van der Waals surface area contributed by atoms with Crippen molar-refractivity contribution in [3.63, 3.8) is 0 Å². The Hall–Kier alpha value is 0.467. The van der Waals surface area contributed by atoms with E-state index in [1.807, 2.05) is 0 Å². The van der Waals surface area contributed by atoms with E-state index in [9.17, 15) is 0 Å². The standard InChI is InChI=1S/C8H19ClOSi/c1-4-11(2,3)7-5-6-10-8-9/h4-8H2,1-3H3. The van der Waals surface area contributed by atoms with Crippen LogP contribution in [-0.2, 0) is 4.74 Å². The molecular weight excluding hydrogens is 176 g/mol. The van der Waals surface area contributed by atoms with Gasteiger partial charge in [-0.05, 0) is 6.42 Å². The zero-order valence-electron chi connectivity index (χ0n) is 7.82. The first-order valence-corrected chi connectivity index (χ1v) is 8.21. The van der Waals surface area contributed by atoms with Gasteiger partial charge in [0.15, 0.2) is 0 Å². The molecule has 0 radical (unpaired) electrons. The van der Waals surface area contributed by atoms with E-state index in [1.54, 1.807) is 0 Å². The maximum Gasteiger partial charge on any atom is 0.120 e. The molecule has 0 aliphatic heterocycles. The number of hydrogen-bond donors (Lipinski definition) is 0. The van der Waals surface area contributed by atoms with E-state index < -0.39 is 8.07 Å². The van der Waals surface area contributed by atoms with Crippen molar-refractivity contribution in [2.75, 3.05) is 12.7 Å². The second-order valence-electron chi connectivity index (χ2n) is 3.64. The van der Waals surface area contributed by atoms with Gasteiger partial charge < -0.3 is 4.74 Å². The molecule has 0 bridgehead atoms. The van der Waals surface area contributed by atoms with Crippen molar-refractivity contribution in [3.05, 3.63) is 0 Å². The average molecular weight is 195 g/mol. The first-order valence-electron chi connectivity index (χ1n) is 4.26. The van der Waals surface area contributed by atoms with E-state index in [4.69, 9.17) is 16.3 Å². The third kappa shape index (κ3) is 6.85. The Bertz CT molecular complexity index is 96.1. The monoisotopic (exact) mass is 194 g/mol. The molecule has 11 heavy (non-hydrogen) atoms. The first-order chi connectivity index (χ1) is 5.12. The number of alkyl halides is 1. The van der Waals surface area contributed by atoms with Gasteiger partial charge in [-0.2, -0.15) is 0 Å². The Balaban J connectivity index is 3.23. The molecule has 0 rings (SSSR count). The topological polar surface area (TPSA) is 9.23 Å². The summed E-state index contributed by atoms with van der Waals surface area (Å²) in [6.07, 6.45) is 1.18. The zero-order chi connectivity index (χ0) is 8.74. The second-order valence-corrected chi connectivity index (χ2v) is 9.39. The fraction of sp³-hybridized carbons (Fsp3) is 1.00. The van der Waals surface area contributed by atoms with Gasteiger partial charge in [-0.25, -0.2) is 0 Å². The maximum absolute atomic E-state index is 5.37. The predicted octanol–water partition coefficient (Wildman–Crippen LogP) is 3.32. The smallest absolute Gasteiger partial charge is 0.120 e. The summed E-state index contributed by atoms with van der Waals surface area (Å²) in [5.74, 6) is 0. The number of rotatable bonds is 6. The normalized spacial score (nSPS) is 12.0. The molecule has 0 aliphatic carbocycles. The molecule has 0 saturated heterocycles. The minimum Gasteiger partial charge on any atom is -0.366 e. The van der Waals surface area contributed by atoms with Crippen LogP contribution in [0, 0.1) is 0 Å². The fourth-order valence-electron chi connectivity index (χ4n) is 0.884. The van der Waals surface area contributed by atoms with Crippen molar-refractivity contribution in [1.29, 1.82) is 0 Å². The molecule has 0 aromatic heterocycles. The molecular formula is C8H19ClOSi. The second kappa shape index (κ2) is 6.04. The van der Waals surface area contributed by atoms with Crippen LogP contribution in [0.3, 0.4) is 0 Å². The van der Waals surface area contributed by atoms with Gasteiger partial charge in [0.25, 0.3) is 0 Å². The number of ether oxygens (including phenoxy) is 1. The minimum absolute atomic E-state index is 0.341. The molecule has 1 nitrogen and oxygen atoms in total. The van der Waals surface area contributed by atoms with Crippen LogP contribution in [-0.4, -0.2) is 20.7 Å². The Kier molecular flexibility index (Phi) is 6.29. The van der Waals surface area contributed by atoms with Crippen LogP contribution >= 0.6 is 11.6 Å². The molecule has 0 saturated carbocycles. The lowest BCUT2D eigenvalue weighted by Gasteiger charge is -2.19. The Morgan fingerprint density at radius 3 is 2.45 bits per heavy atom. The number of halogens is 1. The fourth-order valence-corrected chi connectivity index (χ4v) is 2.45. The highest BCUT2D eigenvalue weighted by molar-refractivity contribution is 6.77. The van der Waals surface area contributed by atoms with Crippen LogP contribution in [0.2, 0.25) is 25.2 Å². The summed E-state index contributed by atoms with van der Waals surface area (Å²) in [6, 6.07) is 3.07. The molecule has 0 spiro atoms. The molecule has 0 N–H and O–H groups in total. The summed E-state index contributed by atoms with van der Waals surface area (Å²) in [4.78, 5) is 0. The van der Waals surface area contributed by atoms with Crippen LogP contribution in [0.25, 0.3) is 0 Å². The van der Waals surface area contributed by atoms with Gasteiger partial charge >= 0.3 is 0 Å². The van der Waals surface area contributed by atoms with Crippen LogP contribution in [0.1, 0.15) is 13.3 Å². The zero-order valence-corrected chi connectivity index (χ0v) is 9.58. The molecule has 0 atom stereocenters. The highest BCUT2D eigenvalue weighted by Crippen LogP contribution is 2.16. The molecule has 0 amide bonds. The Labute approximate surface area is 76.1 Å². The molecule has 0 aromatic rings. The maximum atomic E-state index is 5.37. The quantitative estimate of drug-likeness (QED) is 0.358. The summed E-state index contributed by atoms with van der Waals surface area (Å²) >= 11 is 5.37. The summed E-state index contributed by atoms with van der Waals surface area (Å²) in [5, 5.41) is 0. The summed E-state index contributed by atoms with van der Waals surface area (Å²) < 4.78 is 5.06. The Morgan fingerprint density at radius 1 is 1.36 bits per heavy atom. The first kappa shape index (κ1) is 11.5. The van der Waals surface area contributed by atoms with Crippen molar-refractivity contribution in [2.45, 2.75) is 38.5 Å². The lowest BCUT2D eigenvalue weighted by atomic mass is 10.5. The third-order valence-electron chi connectivity index (χ3n) is 2.18. The SMILES string of the molecule is CC[Si](C)(C)CCCOCCl. The van der Waals surface area contributed by atoms with E-state index >= 15 is 0 Å². The molecule has 68 valence electrons. The van der Waals surface area contributed by atoms with E-state index in [0.29, 0.717) is 6.07 Å². The van der Waals surface area contributed by atoms with Crippen LogP contribution < -0.4 is 0 Å². The minimum atomic E-state index is -0.850. The van der Waals surface area contributed by atoms with Gasteiger partial charge in [-0.1, -0.05) is 43.7 Å². The molecule has 0 aliphatic rings. The van der Waals surface area contributed by atoms with Gasteiger partial charge in [0.2, 0.25) is 0 Å². The highest BCUT2D eigenvalue weighted by Gasteiger charge is 2.16. The molecule has 0 fully saturated rings. The van der Waals surface area contributed by atoms with Gasteiger partial charge in [0.1, 0.15) is 6.07 Å². The van der Waals surface area contributed by atoms with Crippen molar-refractivity contribution in [2.24, 2.45) is 0 Å². The van der Waals surface area contributed by atoms with Crippen LogP contribution in [0.5, 0.6) is 0 Å². The summed E-state index contributed by atoms with van der Waals surface area (Å²) in [6.45, 7) is 7.97. The Morgan fingerprint density at radius 2 is 2.00 bits per heavy atom. The van der Waals surface area contributed by atoms with Crippen molar-refractivity contribution in [1.82, 2.24) is 0 Å². The van der Waals surface area contributed by atoms with Crippen molar-refractivity contribution in [3.8, 4) is 0 Å². The van der Waals surface area contributed by atoms with Gasteiger partial charge in [-0.3, -0.25) is 0 Å². The third-order valence-corrected chi connectivity index (χ3v) is 5.95. The lowest BCUT2D eigenvalue weighted by Crippen LogP contribution is -2.23. The lowest BCUT2D eigenvalue weighted by molar-refractivity contribution is 0.179. The van der Waals surface area contributed by atoms with Crippen molar-refractivity contribution < 1.29 is 4.74 Å². The number of hydrogen-bond acceptors (Lipinski definition) is 1. The van der Waals surface area contributed by atoms with Crippen molar-refractivity contribution >= 4 is 19.7 Å². The summed E-state index contributed by atoms with van der Waals surface area (Å²) in [7, 11) is -0.850. The highest BCUT2D eigenvalue weighted by atomic mass is 35.5. The largest absolute Gasteiger partial charge is 0.366 e. The van der Waals surface area contributed by atoms with E-state index in [0.717, 1.165) is 6.61 Å². The van der Waals surface area contributed by atoms with E-state index in [2.05, 4.69) is 20.0 Å². The predicted molar refractivity (Wildman–Crippen MR) is 54.1 cm³/mol. The van der Waals surface area contributed by atoms with Gasteiger partial charge in [0, 0.05) is 14.7 Å². The molecule has 0 heterocycles. The van der Waals surface area contributed by atoms with Gasteiger partial charge in [0.05, 0.1) is 0 Å². The van der Waals surface area contributed by atoms with E-state index in [1.165, 1.54) is 18.5 Å². The van der Waals surface area contributed by atoms with E-state index in [-0.39, 0.29) is 0 Å². The summed E-state index contributed by atoms with van der Waals surface area (Å²) in [5.41, 5.74) is 0. The molecule has 0 unspecified atom stereocenters. The van der Waals surface area contributed by atoms with Gasteiger partial charge in [-0.15, -0.1) is 0 Å². The average Bonchev–Trinajstić information content (AvgIpc) is 1.99. The molecule has 3 heteroatoms. The van der Waals surface area contributed by atoms with Crippen LogP contribution in [0.15, 0.2) is 0 Å². The molecule has 0 aromatic carbocycles.